The average Bonchev–Trinajstić information content (AvgIpc) is 3.48. The molecule has 0 unspecified atom stereocenters. The van der Waals surface area contributed by atoms with E-state index in [1.807, 2.05) is 49.4 Å². The van der Waals surface area contributed by atoms with Crippen LogP contribution in [0.25, 0.3) is 5.57 Å². The van der Waals surface area contributed by atoms with Crippen LogP contribution >= 0.6 is 0 Å². The number of nitrogens with zero attached hydrogens (tertiary/aromatic N) is 2. The van der Waals surface area contributed by atoms with E-state index in [0.717, 1.165) is 5.56 Å². The van der Waals surface area contributed by atoms with Gasteiger partial charge in [-0.25, -0.2) is 0 Å². The Morgan fingerprint density at radius 2 is 1.53 bits per heavy atom. The number of nitrogens with one attached hydrogen (secondary N) is 2. The molecule has 0 radical (unpaired) electrons. The van der Waals surface area contributed by atoms with Gasteiger partial charge in [0.25, 0.3) is 5.91 Å². The molecule has 0 saturated carbocycles. The van der Waals surface area contributed by atoms with E-state index in [2.05, 4.69) is 10.6 Å². The highest BCUT2D eigenvalue weighted by Crippen LogP contribution is 2.30. The summed E-state index contributed by atoms with van der Waals surface area (Å²) in [6.07, 6.45) is 0.516. The Kier molecular flexibility index (Phi) is 7.04. The van der Waals surface area contributed by atoms with Crippen LogP contribution in [-0.2, 0) is 9.59 Å². The monoisotopic (exact) mass is 508 g/mol. The molecule has 192 valence electrons. The molecular weight excluding hydrogens is 480 g/mol. The van der Waals surface area contributed by atoms with Gasteiger partial charge in [-0.05, 0) is 30.2 Å². The zero-order chi connectivity index (χ0) is 26.6. The van der Waals surface area contributed by atoms with Crippen molar-refractivity contribution in [3.8, 4) is 0 Å². The first-order chi connectivity index (χ1) is 18.4. The Bertz CT molecular complexity index is 1420. The van der Waals surface area contributed by atoms with Gasteiger partial charge in [-0.1, -0.05) is 83.5 Å². The third kappa shape index (κ3) is 4.93. The van der Waals surface area contributed by atoms with Gasteiger partial charge in [0.1, 0.15) is 11.6 Å². The minimum absolute atomic E-state index is 0.0868. The van der Waals surface area contributed by atoms with Crippen LogP contribution < -0.4 is 15.7 Å². The number of rotatable bonds is 8. The molecule has 0 aliphatic carbocycles. The van der Waals surface area contributed by atoms with E-state index in [4.69, 9.17) is 0 Å². The number of carbonyl (C=O) groups is 3. The molecule has 0 spiro atoms. The maximum atomic E-state index is 13.5. The number of hydrogen-bond acceptors (Lipinski definition) is 4. The summed E-state index contributed by atoms with van der Waals surface area (Å²) in [5.74, 6) is -1.54. The first-order valence-corrected chi connectivity index (χ1v) is 12.6. The maximum absolute atomic E-state index is 13.5. The minimum Gasteiger partial charge on any atom is -0.821 e. The van der Waals surface area contributed by atoms with Gasteiger partial charge in [0.2, 0.25) is 5.91 Å². The summed E-state index contributed by atoms with van der Waals surface area (Å²) in [5, 5.41) is 20.6. The molecule has 38 heavy (non-hydrogen) atoms. The Morgan fingerprint density at radius 3 is 2.18 bits per heavy atom. The lowest BCUT2D eigenvalue weighted by atomic mass is 10.0. The van der Waals surface area contributed by atoms with Gasteiger partial charge < -0.3 is 15.7 Å². The predicted molar refractivity (Wildman–Crippen MR) is 140 cm³/mol. The van der Waals surface area contributed by atoms with Gasteiger partial charge in [0.05, 0.1) is 25.4 Å². The molecule has 2 aliphatic heterocycles. The molecular formula is C30H28N4O4. The Hall–Kier alpha value is -4.72. The molecule has 3 aromatic carbocycles. The van der Waals surface area contributed by atoms with Crippen molar-refractivity contribution < 1.29 is 24.2 Å². The molecule has 3 aromatic rings. The summed E-state index contributed by atoms with van der Waals surface area (Å²) in [6, 6.07) is 25.8. The number of hydrazone groups is 1. The molecule has 3 amide bonds. The Morgan fingerprint density at radius 1 is 0.921 bits per heavy atom. The molecule has 0 aromatic heterocycles. The van der Waals surface area contributed by atoms with Gasteiger partial charge in [-0.15, -0.1) is 5.01 Å². The van der Waals surface area contributed by atoms with E-state index in [-0.39, 0.29) is 29.9 Å². The van der Waals surface area contributed by atoms with Crippen LogP contribution in [0.4, 0.5) is 0 Å². The van der Waals surface area contributed by atoms with Crippen molar-refractivity contribution in [1.29, 1.82) is 0 Å². The number of benzene rings is 3. The van der Waals surface area contributed by atoms with Gasteiger partial charge in [-0.2, -0.15) is 0 Å². The standard InChI is InChI=1S/C30H28N4O4/c1-20(21-11-5-2-6-12-21)31-28(36)25(32-27(35)23-15-9-4-10-16-23)19-24-17-18-33-29(37)26(30(38)34(24)33)22-13-7-3-8-14-22/h2-16,20,25H,17-19H2,1H3,(H2-,31,32,35,36,37,38)/t20-,25-/m0/s1. The number of hydrazine groups is 1. The lowest BCUT2D eigenvalue weighted by Crippen LogP contribution is -2.49. The third-order valence-electron chi connectivity index (χ3n) is 6.83. The van der Waals surface area contributed by atoms with Gasteiger partial charge in [0.15, 0.2) is 11.6 Å². The molecule has 2 N–H and O–H groups in total. The number of carbonyl (C=O) groups excluding carboxylic acids is 3. The normalized spacial score (nSPS) is 16.3. The van der Waals surface area contributed by atoms with Crippen LogP contribution in [0, 0.1) is 0 Å². The summed E-state index contributed by atoms with van der Waals surface area (Å²) in [7, 11) is 0. The summed E-state index contributed by atoms with van der Waals surface area (Å²) in [4.78, 5) is 39.6. The Balaban J connectivity index is 1.44. The highest BCUT2D eigenvalue weighted by molar-refractivity contribution is 6.21. The van der Waals surface area contributed by atoms with Crippen molar-refractivity contribution >= 4 is 29.0 Å². The van der Waals surface area contributed by atoms with E-state index >= 15 is 0 Å². The largest absolute Gasteiger partial charge is 0.821 e. The van der Waals surface area contributed by atoms with Crippen molar-refractivity contribution in [3.63, 3.8) is 0 Å². The number of hydrogen-bond donors (Lipinski definition) is 2. The highest BCUT2D eigenvalue weighted by atomic mass is 16.3. The first kappa shape index (κ1) is 25.0. The summed E-state index contributed by atoms with van der Waals surface area (Å²) in [6.45, 7) is 2.20. The van der Waals surface area contributed by atoms with Gasteiger partial charge in [-0.3, -0.25) is 14.4 Å². The maximum Gasteiger partial charge on any atom is 0.314 e. The van der Waals surface area contributed by atoms with E-state index in [1.54, 1.807) is 48.5 Å². The third-order valence-corrected chi connectivity index (χ3v) is 6.83. The van der Waals surface area contributed by atoms with Gasteiger partial charge >= 0.3 is 5.91 Å². The average molecular weight is 509 g/mol. The quantitative estimate of drug-likeness (QED) is 0.456. The van der Waals surface area contributed by atoms with Crippen molar-refractivity contribution in [2.45, 2.75) is 31.8 Å². The molecule has 0 saturated heterocycles. The second kappa shape index (κ2) is 10.7. The summed E-state index contributed by atoms with van der Waals surface area (Å²) < 4.78 is 1.38. The van der Waals surface area contributed by atoms with E-state index < -0.39 is 17.8 Å². The molecule has 5 rings (SSSR count). The second-order valence-corrected chi connectivity index (χ2v) is 9.34. The highest BCUT2D eigenvalue weighted by Gasteiger charge is 2.46. The molecule has 2 atom stereocenters. The molecule has 8 heteroatoms. The van der Waals surface area contributed by atoms with Crippen LogP contribution in [0.15, 0.2) is 96.9 Å². The van der Waals surface area contributed by atoms with Crippen LogP contribution in [0.3, 0.4) is 0 Å². The van der Waals surface area contributed by atoms with Crippen molar-refractivity contribution in [2.75, 3.05) is 6.54 Å². The lowest BCUT2D eigenvalue weighted by Gasteiger charge is -2.21. The molecule has 0 fully saturated rings. The molecule has 2 heterocycles. The first-order valence-electron chi connectivity index (χ1n) is 12.6. The molecule has 0 bridgehead atoms. The summed E-state index contributed by atoms with van der Waals surface area (Å²) >= 11 is 0. The summed E-state index contributed by atoms with van der Waals surface area (Å²) in [5.41, 5.74) is 2.62. The van der Waals surface area contributed by atoms with Crippen molar-refractivity contribution in [2.24, 2.45) is 0 Å². The molecule has 8 nitrogen and oxygen atoms in total. The van der Waals surface area contributed by atoms with Gasteiger partial charge in [0, 0.05) is 5.56 Å². The van der Waals surface area contributed by atoms with Crippen molar-refractivity contribution in [3.05, 3.63) is 114 Å². The van der Waals surface area contributed by atoms with Crippen LogP contribution in [-0.4, -0.2) is 45.7 Å². The zero-order valence-corrected chi connectivity index (χ0v) is 21.0. The van der Waals surface area contributed by atoms with E-state index in [0.29, 0.717) is 29.8 Å². The van der Waals surface area contributed by atoms with E-state index in [9.17, 15) is 19.5 Å². The fourth-order valence-electron chi connectivity index (χ4n) is 4.84. The number of amides is 3. The molecule has 2 aliphatic rings. The van der Waals surface area contributed by atoms with Crippen molar-refractivity contribution in [1.82, 2.24) is 15.6 Å². The Labute approximate surface area is 220 Å². The fourth-order valence-corrected chi connectivity index (χ4v) is 4.84. The second-order valence-electron chi connectivity index (χ2n) is 9.34. The van der Waals surface area contributed by atoms with Crippen LogP contribution in [0.2, 0.25) is 0 Å². The minimum atomic E-state index is -0.951. The fraction of sp³-hybridized carbons (Fsp3) is 0.200. The zero-order valence-electron chi connectivity index (χ0n) is 21.0. The van der Waals surface area contributed by atoms with E-state index in [1.165, 1.54) is 9.69 Å². The SMILES string of the molecule is C[C@H](NC(=O)[C@H](CC1=[N+]2C([O-])=C(c3ccccc3)C(=O)N2CC1)NC(=O)c1ccccc1)c1ccccc1. The topological polar surface area (TPSA) is 105 Å². The predicted octanol–water partition coefficient (Wildman–Crippen LogP) is 2.40. The number of fused-ring (bicyclic) bond motifs is 1. The smallest absolute Gasteiger partial charge is 0.314 e. The van der Waals surface area contributed by atoms with Crippen LogP contribution in [0.1, 0.15) is 47.3 Å². The van der Waals surface area contributed by atoms with Crippen LogP contribution in [0.5, 0.6) is 0 Å². The lowest BCUT2D eigenvalue weighted by molar-refractivity contribution is -0.691.